The van der Waals surface area contributed by atoms with Gasteiger partial charge >= 0.3 is 6.09 Å². The van der Waals surface area contributed by atoms with Crippen LogP contribution >= 0.6 is 0 Å². The number of hydrogen-bond acceptors (Lipinski definition) is 8. The Morgan fingerprint density at radius 2 is 1.67 bits per heavy atom. The fraction of sp³-hybridized carbons (Fsp3) is 0.238. The predicted molar refractivity (Wildman–Crippen MR) is 108 cm³/mol. The van der Waals surface area contributed by atoms with Crippen molar-refractivity contribution in [3.05, 3.63) is 46.6 Å². The minimum absolute atomic E-state index is 0.0733. The lowest BCUT2D eigenvalue weighted by Gasteiger charge is -2.31. The lowest BCUT2D eigenvalue weighted by molar-refractivity contribution is 0.120. The number of nitrogens with zero attached hydrogens (tertiary/aromatic N) is 2. The SMILES string of the molecule is CN1CCN(C(=O)Oc2ccc(-c3cc(=O)c4c(O)c(O)c(O)cc4o3)cc2)CC1. The van der Waals surface area contributed by atoms with E-state index in [1.165, 1.54) is 6.07 Å². The van der Waals surface area contributed by atoms with Crippen LogP contribution in [0, 0.1) is 0 Å². The number of carbonyl (C=O) groups is 1. The summed E-state index contributed by atoms with van der Waals surface area (Å²) in [4.78, 5) is 28.4. The van der Waals surface area contributed by atoms with Crippen LogP contribution in [0.1, 0.15) is 0 Å². The van der Waals surface area contributed by atoms with Crippen molar-refractivity contribution in [3.63, 3.8) is 0 Å². The minimum atomic E-state index is -0.783. The van der Waals surface area contributed by atoms with Crippen molar-refractivity contribution in [1.29, 1.82) is 0 Å². The molecule has 4 rings (SSSR count). The van der Waals surface area contributed by atoms with E-state index in [1.807, 2.05) is 7.05 Å². The molecule has 3 N–H and O–H groups in total. The van der Waals surface area contributed by atoms with Gasteiger partial charge < -0.3 is 34.3 Å². The molecule has 1 saturated heterocycles. The Labute approximate surface area is 170 Å². The van der Waals surface area contributed by atoms with Crippen LogP contribution in [0.25, 0.3) is 22.3 Å². The van der Waals surface area contributed by atoms with Crippen LogP contribution in [0.3, 0.4) is 0 Å². The summed E-state index contributed by atoms with van der Waals surface area (Å²) in [6.45, 7) is 2.78. The zero-order valence-electron chi connectivity index (χ0n) is 16.2. The second kappa shape index (κ2) is 7.60. The van der Waals surface area contributed by atoms with E-state index in [-0.39, 0.29) is 16.7 Å². The highest BCUT2D eigenvalue weighted by molar-refractivity contribution is 5.89. The van der Waals surface area contributed by atoms with E-state index < -0.39 is 28.8 Å². The largest absolute Gasteiger partial charge is 0.504 e. The third-order valence-electron chi connectivity index (χ3n) is 5.05. The maximum atomic E-state index is 12.4. The van der Waals surface area contributed by atoms with Crippen LogP contribution in [-0.2, 0) is 0 Å². The Hall–Kier alpha value is -3.72. The molecule has 2 heterocycles. The van der Waals surface area contributed by atoms with Gasteiger partial charge in [0.05, 0.1) is 0 Å². The quantitative estimate of drug-likeness (QED) is 0.548. The molecule has 156 valence electrons. The van der Waals surface area contributed by atoms with Gasteiger partial charge in [-0.2, -0.15) is 0 Å². The molecule has 9 heteroatoms. The smallest absolute Gasteiger partial charge is 0.415 e. The number of likely N-dealkylation sites (N-methyl/N-ethyl adjacent to an activating group) is 1. The van der Waals surface area contributed by atoms with Gasteiger partial charge in [-0.15, -0.1) is 0 Å². The van der Waals surface area contributed by atoms with Crippen LogP contribution in [0.4, 0.5) is 4.79 Å². The third kappa shape index (κ3) is 3.62. The van der Waals surface area contributed by atoms with Crippen LogP contribution in [0.5, 0.6) is 23.0 Å². The molecular weight excluding hydrogens is 392 g/mol. The van der Waals surface area contributed by atoms with Crippen molar-refractivity contribution in [2.45, 2.75) is 0 Å². The van der Waals surface area contributed by atoms with Crippen molar-refractivity contribution < 1.29 is 29.3 Å². The Morgan fingerprint density at radius 3 is 2.33 bits per heavy atom. The molecule has 3 aromatic rings. The number of carbonyl (C=O) groups excluding carboxylic acids is 1. The number of piperazine rings is 1. The van der Waals surface area contributed by atoms with Gasteiger partial charge in [-0.25, -0.2) is 4.79 Å². The summed E-state index contributed by atoms with van der Waals surface area (Å²) in [7, 11) is 2.00. The zero-order valence-corrected chi connectivity index (χ0v) is 16.2. The number of fused-ring (bicyclic) bond motifs is 1. The first-order chi connectivity index (χ1) is 14.3. The van der Waals surface area contributed by atoms with Gasteiger partial charge in [0.1, 0.15) is 22.5 Å². The molecule has 9 nitrogen and oxygen atoms in total. The van der Waals surface area contributed by atoms with Crippen LogP contribution in [-0.4, -0.2) is 64.4 Å². The third-order valence-corrected chi connectivity index (χ3v) is 5.05. The lowest BCUT2D eigenvalue weighted by atomic mass is 10.1. The molecule has 0 spiro atoms. The zero-order chi connectivity index (χ0) is 21.4. The molecule has 0 bridgehead atoms. The molecule has 2 aromatic carbocycles. The van der Waals surface area contributed by atoms with Crippen LogP contribution < -0.4 is 10.2 Å². The number of phenolic OH excluding ortho intramolecular Hbond substituents is 3. The van der Waals surface area contributed by atoms with Crippen molar-refractivity contribution in [2.24, 2.45) is 0 Å². The van der Waals surface area contributed by atoms with E-state index >= 15 is 0 Å². The topological polar surface area (TPSA) is 124 Å². The Bertz CT molecular complexity index is 1160. The van der Waals surface area contributed by atoms with Crippen LogP contribution in [0.2, 0.25) is 0 Å². The lowest BCUT2D eigenvalue weighted by Crippen LogP contribution is -2.48. The molecule has 1 fully saturated rings. The average molecular weight is 412 g/mol. The molecular formula is C21H20N2O7. The Balaban J connectivity index is 1.57. The highest BCUT2D eigenvalue weighted by Crippen LogP contribution is 2.40. The first-order valence-electron chi connectivity index (χ1n) is 9.31. The fourth-order valence-electron chi connectivity index (χ4n) is 3.26. The molecule has 1 aromatic heterocycles. The van der Waals surface area contributed by atoms with E-state index in [0.29, 0.717) is 24.4 Å². The number of hydrogen-bond donors (Lipinski definition) is 3. The van der Waals surface area contributed by atoms with Crippen molar-refractivity contribution >= 4 is 17.1 Å². The standard InChI is InChI=1S/C21H20N2O7/c1-22-6-8-23(9-7-22)21(28)29-13-4-2-12(3-5-13)16-10-14(24)18-17(30-16)11-15(25)19(26)20(18)27/h2-5,10-11,25-27H,6-9H2,1H3. The van der Waals surface area contributed by atoms with Crippen molar-refractivity contribution in [1.82, 2.24) is 9.80 Å². The average Bonchev–Trinajstić information content (AvgIpc) is 2.72. The van der Waals surface area contributed by atoms with Gasteiger partial charge in [0, 0.05) is 43.9 Å². The van der Waals surface area contributed by atoms with Gasteiger partial charge in [0.25, 0.3) is 0 Å². The molecule has 0 unspecified atom stereocenters. The summed E-state index contributed by atoms with van der Waals surface area (Å²) in [5.74, 6) is -1.59. The molecule has 0 atom stereocenters. The highest BCUT2D eigenvalue weighted by Gasteiger charge is 2.21. The van der Waals surface area contributed by atoms with Crippen molar-refractivity contribution in [2.75, 3.05) is 33.2 Å². The van der Waals surface area contributed by atoms with Gasteiger partial charge in [0.2, 0.25) is 5.75 Å². The number of ether oxygens (including phenoxy) is 1. The van der Waals surface area contributed by atoms with E-state index in [4.69, 9.17) is 9.15 Å². The number of phenols is 3. The number of benzene rings is 2. The second-order valence-corrected chi connectivity index (χ2v) is 7.12. The Morgan fingerprint density at radius 1 is 1.00 bits per heavy atom. The predicted octanol–water partition coefficient (Wildman–Crippen LogP) is 2.32. The number of aromatic hydroxyl groups is 3. The summed E-state index contributed by atoms with van der Waals surface area (Å²) >= 11 is 0. The number of amides is 1. The Kier molecular flexibility index (Phi) is 4.96. The molecule has 0 radical (unpaired) electrons. The summed E-state index contributed by atoms with van der Waals surface area (Å²) in [6, 6.07) is 8.64. The summed E-state index contributed by atoms with van der Waals surface area (Å²) in [5, 5.41) is 28.9. The maximum Gasteiger partial charge on any atom is 0.415 e. The summed E-state index contributed by atoms with van der Waals surface area (Å²) < 4.78 is 11.0. The normalized spacial score (nSPS) is 14.8. The molecule has 0 saturated carbocycles. The van der Waals surface area contributed by atoms with E-state index in [2.05, 4.69) is 4.90 Å². The molecule has 1 aliphatic rings. The maximum absolute atomic E-state index is 12.4. The first kappa shape index (κ1) is 19.6. The van der Waals surface area contributed by atoms with Gasteiger partial charge in [-0.3, -0.25) is 4.79 Å². The van der Waals surface area contributed by atoms with Gasteiger partial charge in [0.15, 0.2) is 16.9 Å². The molecule has 30 heavy (non-hydrogen) atoms. The summed E-state index contributed by atoms with van der Waals surface area (Å²) in [6.07, 6.45) is -0.418. The van der Waals surface area contributed by atoms with Crippen LogP contribution in [0.15, 0.2) is 45.6 Å². The monoisotopic (exact) mass is 412 g/mol. The molecule has 1 amide bonds. The van der Waals surface area contributed by atoms with Gasteiger partial charge in [-0.1, -0.05) is 0 Å². The second-order valence-electron chi connectivity index (χ2n) is 7.12. The van der Waals surface area contributed by atoms with E-state index in [0.717, 1.165) is 19.2 Å². The molecule has 1 aliphatic heterocycles. The minimum Gasteiger partial charge on any atom is -0.504 e. The highest BCUT2D eigenvalue weighted by atomic mass is 16.6. The summed E-state index contributed by atoms with van der Waals surface area (Å²) in [5.41, 5.74) is -0.124. The number of rotatable bonds is 2. The van der Waals surface area contributed by atoms with Gasteiger partial charge in [-0.05, 0) is 31.3 Å². The van der Waals surface area contributed by atoms with E-state index in [9.17, 15) is 24.9 Å². The first-order valence-corrected chi connectivity index (χ1v) is 9.31. The van der Waals surface area contributed by atoms with E-state index in [1.54, 1.807) is 29.2 Å². The fourth-order valence-corrected chi connectivity index (χ4v) is 3.26. The molecule has 0 aliphatic carbocycles. The van der Waals surface area contributed by atoms with Crippen molar-refractivity contribution in [3.8, 4) is 34.3 Å².